The van der Waals surface area contributed by atoms with Crippen LogP contribution in [0.3, 0.4) is 0 Å². The van der Waals surface area contributed by atoms with E-state index in [9.17, 15) is 0 Å². The third kappa shape index (κ3) is 10.5. The summed E-state index contributed by atoms with van der Waals surface area (Å²) in [6, 6.07) is 11.4. The molecule has 0 aromatic heterocycles. The van der Waals surface area contributed by atoms with Crippen LogP contribution in [-0.4, -0.2) is 0 Å². The molecule has 1 aromatic rings. The van der Waals surface area contributed by atoms with Crippen LogP contribution in [-0.2, 0) is 0 Å². The number of hydrogen-bond acceptors (Lipinski definition) is 0. The van der Waals surface area contributed by atoms with Crippen LogP contribution in [0.5, 0.6) is 0 Å². The Balaban J connectivity index is 2.01. The smallest absolute Gasteiger partial charge is 0.0154 e. The molecule has 1 fully saturated rings. The predicted molar refractivity (Wildman–Crippen MR) is 158 cm³/mol. The Kier molecular flexibility index (Phi) is 14.4. The number of benzene rings is 1. The fraction of sp³-hybridized carbons (Fsp3) is 0.657. The molecule has 35 heavy (non-hydrogen) atoms. The SMILES string of the molecule is C=C(CCCC1(CCC)CC(CCC)CC(c2ccccc2)C1)C(=CCCCCCCC)/C=C\C. The molecule has 1 aliphatic rings. The van der Waals surface area contributed by atoms with E-state index in [4.69, 9.17) is 0 Å². The Morgan fingerprint density at radius 2 is 1.69 bits per heavy atom. The lowest BCUT2D eigenvalue weighted by Gasteiger charge is -2.45. The number of hydrogen-bond donors (Lipinski definition) is 0. The summed E-state index contributed by atoms with van der Waals surface area (Å²) in [5.74, 6) is 1.63. The molecule has 0 aliphatic heterocycles. The Morgan fingerprint density at radius 3 is 2.37 bits per heavy atom. The molecule has 0 spiro atoms. The molecule has 3 atom stereocenters. The van der Waals surface area contributed by atoms with Crippen LogP contribution >= 0.6 is 0 Å². The van der Waals surface area contributed by atoms with E-state index < -0.39 is 0 Å². The maximum atomic E-state index is 4.54. The fourth-order valence-electron chi connectivity index (χ4n) is 6.79. The number of unbranched alkanes of at least 4 members (excludes halogenated alkanes) is 5. The summed E-state index contributed by atoms with van der Waals surface area (Å²) in [7, 11) is 0. The molecule has 0 saturated heterocycles. The summed E-state index contributed by atoms with van der Waals surface area (Å²) in [5.41, 5.74) is 4.83. The Morgan fingerprint density at radius 1 is 0.914 bits per heavy atom. The lowest BCUT2D eigenvalue weighted by atomic mass is 9.59. The van der Waals surface area contributed by atoms with Crippen molar-refractivity contribution in [2.45, 2.75) is 136 Å². The Bertz CT molecular complexity index is 752. The van der Waals surface area contributed by atoms with Crippen molar-refractivity contribution in [3.8, 4) is 0 Å². The average Bonchev–Trinajstić information content (AvgIpc) is 2.86. The molecule has 0 heteroatoms. The van der Waals surface area contributed by atoms with Gasteiger partial charge in [-0.3, -0.25) is 0 Å². The molecule has 0 amide bonds. The van der Waals surface area contributed by atoms with Gasteiger partial charge in [0, 0.05) is 0 Å². The molecule has 0 N–H and O–H groups in total. The van der Waals surface area contributed by atoms with E-state index in [-0.39, 0.29) is 0 Å². The van der Waals surface area contributed by atoms with E-state index in [1.165, 1.54) is 107 Å². The van der Waals surface area contributed by atoms with Gasteiger partial charge in [0.1, 0.15) is 0 Å². The first kappa shape index (κ1) is 29.7. The van der Waals surface area contributed by atoms with Crippen molar-refractivity contribution in [1.29, 1.82) is 0 Å². The molecule has 2 rings (SSSR count). The van der Waals surface area contributed by atoms with Crippen LogP contribution < -0.4 is 0 Å². The summed E-state index contributed by atoms with van der Waals surface area (Å²) in [6.45, 7) is 13.7. The first-order chi connectivity index (χ1) is 17.1. The van der Waals surface area contributed by atoms with Gasteiger partial charge in [-0.2, -0.15) is 0 Å². The van der Waals surface area contributed by atoms with Crippen molar-refractivity contribution in [1.82, 2.24) is 0 Å². The fourth-order valence-corrected chi connectivity index (χ4v) is 6.79. The highest BCUT2D eigenvalue weighted by Crippen LogP contribution is 2.52. The van der Waals surface area contributed by atoms with E-state index in [1.807, 2.05) is 0 Å². The average molecular weight is 477 g/mol. The van der Waals surface area contributed by atoms with Gasteiger partial charge in [-0.15, -0.1) is 0 Å². The third-order valence-corrected chi connectivity index (χ3v) is 8.38. The van der Waals surface area contributed by atoms with Gasteiger partial charge in [0.25, 0.3) is 0 Å². The van der Waals surface area contributed by atoms with Crippen LogP contribution in [0.2, 0.25) is 0 Å². The maximum Gasteiger partial charge on any atom is -0.0154 e. The summed E-state index contributed by atoms with van der Waals surface area (Å²) in [6.07, 6.45) is 28.3. The first-order valence-electron chi connectivity index (χ1n) is 15.1. The second-order valence-corrected chi connectivity index (χ2v) is 11.5. The summed E-state index contributed by atoms with van der Waals surface area (Å²) in [4.78, 5) is 0. The maximum absolute atomic E-state index is 4.54. The summed E-state index contributed by atoms with van der Waals surface area (Å²) in [5, 5.41) is 0. The monoisotopic (exact) mass is 476 g/mol. The molecule has 1 aromatic carbocycles. The van der Waals surface area contributed by atoms with Crippen molar-refractivity contribution in [2.24, 2.45) is 11.3 Å². The molecule has 3 unspecified atom stereocenters. The van der Waals surface area contributed by atoms with Gasteiger partial charge in [0.05, 0.1) is 0 Å². The minimum Gasteiger partial charge on any atom is -0.0952 e. The van der Waals surface area contributed by atoms with Gasteiger partial charge in [-0.1, -0.05) is 121 Å². The standard InChI is InChI=1S/C35H56/c1-6-10-11-12-13-15-22-32(20-8-3)30(5)21-18-26-35(25-9-4)28-31(19-7-2)27-34(29-35)33-23-16-14-17-24-33/h8,14,16-17,20,22-24,31,34H,5-7,9-13,15,18-19,21,25-29H2,1-4H3/b20-8-,32-22?. The van der Waals surface area contributed by atoms with Crippen molar-refractivity contribution in [2.75, 3.05) is 0 Å². The molecule has 0 bridgehead atoms. The van der Waals surface area contributed by atoms with Gasteiger partial charge in [0.2, 0.25) is 0 Å². The largest absolute Gasteiger partial charge is 0.0952 e. The highest BCUT2D eigenvalue weighted by molar-refractivity contribution is 5.37. The molecule has 0 radical (unpaired) electrons. The van der Waals surface area contributed by atoms with Gasteiger partial charge in [-0.25, -0.2) is 0 Å². The lowest BCUT2D eigenvalue weighted by molar-refractivity contribution is 0.0891. The predicted octanol–water partition coefficient (Wildman–Crippen LogP) is 11.7. The molecule has 196 valence electrons. The van der Waals surface area contributed by atoms with Crippen LogP contribution in [0, 0.1) is 11.3 Å². The van der Waals surface area contributed by atoms with E-state index >= 15 is 0 Å². The zero-order chi connectivity index (χ0) is 25.4. The quantitative estimate of drug-likeness (QED) is 0.155. The summed E-state index contributed by atoms with van der Waals surface area (Å²) >= 11 is 0. The molecular formula is C35H56. The second-order valence-electron chi connectivity index (χ2n) is 11.5. The van der Waals surface area contributed by atoms with E-state index in [2.05, 4.69) is 82.8 Å². The lowest BCUT2D eigenvalue weighted by Crippen LogP contribution is -2.33. The normalized spacial score (nSPS) is 23.1. The van der Waals surface area contributed by atoms with Crippen molar-refractivity contribution in [3.63, 3.8) is 0 Å². The zero-order valence-electron chi connectivity index (χ0n) is 23.8. The van der Waals surface area contributed by atoms with Gasteiger partial charge in [0.15, 0.2) is 0 Å². The Labute approximate surface area is 219 Å². The number of rotatable bonds is 17. The Hall–Kier alpha value is -1.56. The van der Waals surface area contributed by atoms with Crippen LogP contribution in [0.4, 0.5) is 0 Å². The molecule has 0 heterocycles. The third-order valence-electron chi connectivity index (χ3n) is 8.38. The van der Waals surface area contributed by atoms with Crippen LogP contribution in [0.1, 0.15) is 142 Å². The molecular weight excluding hydrogens is 420 g/mol. The minimum absolute atomic E-state index is 0.511. The van der Waals surface area contributed by atoms with Crippen molar-refractivity contribution in [3.05, 3.63) is 71.8 Å². The van der Waals surface area contributed by atoms with Crippen LogP contribution in [0.25, 0.3) is 0 Å². The van der Waals surface area contributed by atoms with Crippen molar-refractivity contribution >= 4 is 0 Å². The van der Waals surface area contributed by atoms with Gasteiger partial charge < -0.3 is 0 Å². The van der Waals surface area contributed by atoms with Gasteiger partial charge >= 0.3 is 0 Å². The number of allylic oxidation sites excluding steroid dienone is 5. The van der Waals surface area contributed by atoms with Gasteiger partial charge in [-0.05, 0) is 98.7 Å². The van der Waals surface area contributed by atoms with Crippen molar-refractivity contribution < 1.29 is 0 Å². The second kappa shape index (κ2) is 17.0. The highest BCUT2D eigenvalue weighted by atomic mass is 14.4. The molecule has 1 saturated carbocycles. The van der Waals surface area contributed by atoms with E-state index in [1.54, 1.807) is 5.56 Å². The van der Waals surface area contributed by atoms with E-state index in [0.717, 1.165) is 18.3 Å². The molecule has 0 nitrogen and oxygen atoms in total. The first-order valence-corrected chi connectivity index (χ1v) is 15.1. The van der Waals surface area contributed by atoms with E-state index in [0.29, 0.717) is 5.41 Å². The minimum atomic E-state index is 0.511. The molecule has 1 aliphatic carbocycles. The summed E-state index contributed by atoms with van der Waals surface area (Å²) < 4.78 is 0. The topological polar surface area (TPSA) is 0 Å². The zero-order valence-corrected chi connectivity index (χ0v) is 23.8. The highest BCUT2D eigenvalue weighted by Gasteiger charge is 2.39. The van der Waals surface area contributed by atoms with Crippen LogP contribution in [0.15, 0.2) is 66.3 Å².